The van der Waals surface area contributed by atoms with Crippen LogP contribution in [0.25, 0.3) is 0 Å². The summed E-state index contributed by atoms with van der Waals surface area (Å²) in [6.45, 7) is 19.7. The van der Waals surface area contributed by atoms with Crippen molar-refractivity contribution < 1.29 is 4.79 Å². The van der Waals surface area contributed by atoms with E-state index in [1.54, 1.807) is 0 Å². The lowest BCUT2D eigenvalue weighted by atomic mass is 9.73. The van der Waals surface area contributed by atoms with Gasteiger partial charge in [0.2, 0.25) is 0 Å². The van der Waals surface area contributed by atoms with Gasteiger partial charge in [0.05, 0.1) is 11.2 Å². The van der Waals surface area contributed by atoms with E-state index < -0.39 is 0 Å². The van der Waals surface area contributed by atoms with Gasteiger partial charge in [-0.2, -0.15) is 0 Å². The second-order valence-electron chi connectivity index (χ2n) is 10.1. The van der Waals surface area contributed by atoms with Crippen molar-refractivity contribution in [3.05, 3.63) is 65.0 Å². The summed E-state index contributed by atoms with van der Waals surface area (Å²) in [7, 11) is 2.00. The lowest BCUT2D eigenvalue weighted by Crippen LogP contribution is -2.25. The Bertz CT molecular complexity index is 810. The van der Waals surface area contributed by atoms with Crippen molar-refractivity contribution in [3.8, 4) is 0 Å². The van der Waals surface area contributed by atoms with E-state index in [1.807, 2.05) is 51.4 Å². The third-order valence-corrected chi connectivity index (χ3v) is 6.94. The number of nitrogens with zero attached hydrogens (tertiary/aromatic N) is 1. The van der Waals surface area contributed by atoms with Crippen molar-refractivity contribution in [3.63, 3.8) is 0 Å². The van der Waals surface area contributed by atoms with Gasteiger partial charge < -0.3 is 5.32 Å². The lowest BCUT2D eigenvalue weighted by molar-refractivity contribution is 0.112. The van der Waals surface area contributed by atoms with Crippen LogP contribution in [0.15, 0.2) is 42.6 Å². The minimum absolute atomic E-state index is 0.223. The van der Waals surface area contributed by atoms with E-state index in [1.165, 1.54) is 48.9 Å². The molecule has 3 heteroatoms. The molecule has 1 aliphatic carbocycles. The van der Waals surface area contributed by atoms with Crippen LogP contribution in [0.5, 0.6) is 0 Å². The van der Waals surface area contributed by atoms with E-state index in [0.717, 1.165) is 24.7 Å². The quantitative estimate of drug-likeness (QED) is 0.363. The summed E-state index contributed by atoms with van der Waals surface area (Å²) >= 11 is 0. The Kier molecular flexibility index (Phi) is 16.4. The molecule has 0 aliphatic heterocycles. The van der Waals surface area contributed by atoms with Gasteiger partial charge in [0, 0.05) is 11.8 Å². The second-order valence-corrected chi connectivity index (χ2v) is 10.1. The van der Waals surface area contributed by atoms with Crippen molar-refractivity contribution in [2.75, 3.05) is 7.05 Å². The molecule has 0 radical (unpaired) electrons. The van der Waals surface area contributed by atoms with Crippen LogP contribution in [0.3, 0.4) is 0 Å². The molecule has 3 nitrogen and oxygen atoms in total. The fraction of sp³-hybridized carbons (Fsp3) is 0.625. The maximum atomic E-state index is 11.3. The zero-order valence-electron chi connectivity index (χ0n) is 24.5. The van der Waals surface area contributed by atoms with Gasteiger partial charge in [-0.05, 0) is 73.7 Å². The number of hydrogen-bond donors (Lipinski definition) is 1. The second kappa shape index (κ2) is 17.4. The van der Waals surface area contributed by atoms with Crippen LogP contribution in [0.1, 0.15) is 122 Å². The van der Waals surface area contributed by atoms with E-state index in [-0.39, 0.29) is 5.54 Å². The van der Waals surface area contributed by atoms with Gasteiger partial charge in [0.15, 0.2) is 0 Å². The maximum absolute atomic E-state index is 11.3. The van der Waals surface area contributed by atoms with Gasteiger partial charge >= 0.3 is 0 Å². The van der Waals surface area contributed by atoms with E-state index >= 15 is 0 Å². The number of carbonyl (C=O) groups is 1. The Morgan fingerprint density at radius 1 is 1.06 bits per heavy atom. The average Bonchev–Trinajstić information content (AvgIpc) is 3.68. The van der Waals surface area contributed by atoms with Crippen LogP contribution in [-0.2, 0) is 18.4 Å². The Morgan fingerprint density at radius 3 is 2.11 bits per heavy atom. The highest BCUT2D eigenvalue weighted by Gasteiger charge is 2.43. The molecule has 1 aromatic carbocycles. The smallest absolute Gasteiger partial charge is 0.150 e. The molecule has 0 amide bonds. The normalized spacial score (nSPS) is 14.1. The summed E-state index contributed by atoms with van der Waals surface area (Å²) in [5, 5.41) is 3.31. The molecule has 1 unspecified atom stereocenters. The molecule has 35 heavy (non-hydrogen) atoms. The number of benzene rings is 1. The third kappa shape index (κ3) is 10.7. The third-order valence-electron chi connectivity index (χ3n) is 6.94. The molecule has 3 rings (SSSR count). The van der Waals surface area contributed by atoms with Gasteiger partial charge in [0.1, 0.15) is 6.29 Å². The zero-order valence-corrected chi connectivity index (χ0v) is 24.5. The predicted octanol–water partition coefficient (Wildman–Crippen LogP) is 8.80. The number of aldehydes is 1. The fourth-order valence-electron chi connectivity index (χ4n) is 4.22. The number of carbonyl (C=O) groups excluding carboxylic acids is 1. The SMILES string of the molecule is CC.CCC.CCCC(C)(C)C(C)Cc1c(C=O)cccc1CC.CNC1(c2ccccn2)CC1. The first-order chi connectivity index (χ1) is 16.7. The molecule has 2 aromatic rings. The highest BCUT2D eigenvalue weighted by atomic mass is 16.1. The van der Waals surface area contributed by atoms with Crippen LogP contribution < -0.4 is 5.32 Å². The summed E-state index contributed by atoms with van der Waals surface area (Å²) in [6.07, 6.45) is 11.0. The Hall–Kier alpha value is -2.00. The molecular formula is C32H54N2O. The van der Waals surface area contributed by atoms with Crippen LogP contribution in [0.4, 0.5) is 0 Å². The number of nitrogens with one attached hydrogen (secondary N) is 1. The molecule has 1 fully saturated rings. The largest absolute Gasteiger partial charge is 0.309 e. The minimum Gasteiger partial charge on any atom is -0.309 e. The van der Waals surface area contributed by atoms with Crippen molar-refractivity contribution in [1.82, 2.24) is 10.3 Å². The molecule has 1 aliphatic rings. The van der Waals surface area contributed by atoms with Crippen molar-refractivity contribution in [2.45, 2.75) is 113 Å². The number of aryl methyl sites for hydroxylation is 1. The monoisotopic (exact) mass is 482 g/mol. The summed E-state index contributed by atoms with van der Waals surface area (Å²) in [5.41, 5.74) is 5.19. The van der Waals surface area contributed by atoms with Gasteiger partial charge in [0.25, 0.3) is 0 Å². The fourth-order valence-corrected chi connectivity index (χ4v) is 4.22. The van der Waals surface area contributed by atoms with Gasteiger partial charge in [-0.1, -0.05) is 99.4 Å². The molecule has 0 spiro atoms. The van der Waals surface area contributed by atoms with Crippen LogP contribution >= 0.6 is 0 Å². The zero-order chi connectivity index (χ0) is 26.9. The first kappa shape index (κ1) is 33.0. The molecule has 0 saturated heterocycles. The summed E-state index contributed by atoms with van der Waals surface area (Å²) < 4.78 is 0. The topological polar surface area (TPSA) is 42.0 Å². The summed E-state index contributed by atoms with van der Waals surface area (Å²) in [6, 6.07) is 12.2. The van der Waals surface area contributed by atoms with Crippen molar-refractivity contribution in [1.29, 1.82) is 0 Å². The Morgan fingerprint density at radius 2 is 1.69 bits per heavy atom. The van der Waals surface area contributed by atoms with Crippen LogP contribution in [-0.4, -0.2) is 18.3 Å². The first-order valence-corrected chi connectivity index (χ1v) is 13.9. The number of hydrogen-bond acceptors (Lipinski definition) is 3. The first-order valence-electron chi connectivity index (χ1n) is 13.9. The van der Waals surface area contributed by atoms with E-state index in [0.29, 0.717) is 11.3 Å². The van der Waals surface area contributed by atoms with Crippen molar-refractivity contribution in [2.24, 2.45) is 11.3 Å². The molecule has 1 atom stereocenters. The van der Waals surface area contributed by atoms with E-state index in [9.17, 15) is 4.79 Å². The average molecular weight is 483 g/mol. The van der Waals surface area contributed by atoms with Crippen LogP contribution in [0.2, 0.25) is 0 Å². The number of pyridine rings is 1. The maximum Gasteiger partial charge on any atom is 0.150 e. The Balaban J connectivity index is 0.000000605. The highest BCUT2D eigenvalue weighted by Crippen LogP contribution is 2.43. The van der Waals surface area contributed by atoms with Crippen LogP contribution in [0, 0.1) is 11.3 Å². The molecular weight excluding hydrogens is 428 g/mol. The highest BCUT2D eigenvalue weighted by molar-refractivity contribution is 5.78. The van der Waals surface area contributed by atoms with Gasteiger partial charge in [-0.3, -0.25) is 9.78 Å². The predicted molar refractivity (Wildman–Crippen MR) is 154 cm³/mol. The van der Waals surface area contributed by atoms with Gasteiger partial charge in [-0.25, -0.2) is 0 Å². The number of rotatable bonds is 9. The van der Waals surface area contributed by atoms with E-state index in [2.05, 4.69) is 70.9 Å². The molecule has 0 bridgehead atoms. The molecule has 1 heterocycles. The minimum atomic E-state index is 0.223. The summed E-state index contributed by atoms with van der Waals surface area (Å²) in [5.74, 6) is 0.582. The lowest BCUT2D eigenvalue weighted by Gasteiger charge is -2.32. The Labute approximate surface area is 217 Å². The molecule has 198 valence electrons. The molecule has 1 N–H and O–H groups in total. The summed E-state index contributed by atoms with van der Waals surface area (Å²) in [4.78, 5) is 15.6. The molecule has 1 aromatic heterocycles. The van der Waals surface area contributed by atoms with Gasteiger partial charge in [-0.15, -0.1) is 0 Å². The van der Waals surface area contributed by atoms with Crippen molar-refractivity contribution >= 4 is 6.29 Å². The standard InChI is InChI=1S/C18H28O.C9H12N2.C3H8.C2H6/c1-6-11-18(4,5)14(3)12-17-15(7-2)9-8-10-16(17)13-19;1-10-9(5-6-9)8-4-2-3-7-11-8;1-3-2;1-2/h8-10,13-14H,6-7,11-12H2,1-5H3;2-4,7,10H,5-6H2,1H3;3H2,1-2H3;1-2H3. The molecule has 1 saturated carbocycles. The van der Waals surface area contributed by atoms with E-state index in [4.69, 9.17) is 0 Å². The number of aromatic nitrogens is 1.